The molecular formula is C22H19F3N6O. The number of aromatic nitrogens is 4. The number of nitrogens with two attached hydrogens (primary N) is 1. The number of hydrogen-bond donors (Lipinski definition) is 2. The van der Waals surface area contributed by atoms with Gasteiger partial charge in [0.25, 0.3) is 0 Å². The van der Waals surface area contributed by atoms with Gasteiger partial charge < -0.3 is 15.8 Å². The molecule has 4 aromatic rings. The van der Waals surface area contributed by atoms with E-state index in [0.717, 1.165) is 5.56 Å². The first-order valence-corrected chi connectivity index (χ1v) is 10.1. The SMILES string of the molecule is Nc1nc(-c2ccccc2)c2nc(Nc3c(F)cc(F)cc3F)n(C3CCOCC3)c2n1. The lowest BCUT2D eigenvalue weighted by Crippen LogP contribution is -2.21. The number of fused-ring (bicyclic) bond motifs is 1. The summed E-state index contributed by atoms with van der Waals surface area (Å²) in [6.07, 6.45) is 1.30. The van der Waals surface area contributed by atoms with Crippen LogP contribution in [0.25, 0.3) is 22.4 Å². The molecule has 0 aliphatic carbocycles. The lowest BCUT2D eigenvalue weighted by atomic mass is 10.1. The quantitative estimate of drug-likeness (QED) is 0.483. The van der Waals surface area contributed by atoms with Crippen LogP contribution in [0.2, 0.25) is 0 Å². The van der Waals surface area contributed by atoms with Gasteiger partial charge in [0, 0.05) is 37.0 Å². The van der Waals surface area contributed by atoms with Crippen molar-refractivity contribution in [3.8, 4) is 11.3 Å². The second-order valence-corrected chi connectivity index (χ2v) is 7.49. The third-order valence-electron chi connectivity index (χ3n) is 5.40. The summed E-state index contributed by atoms with van der Waals surface area (Å²) in [6, 6.07) is 10.4. The van der Waals surface area contributed by atoms with Crippen LogP contribution in [0.15, 0.2) is 42.5 Å². The highest BCUT2D eigenvalue weighted by Gasteiger charge is 2.26. The molecule has 0 amide bonds. The van der Waals surface area contributed by atoms with Gasteiger partial charge in [0.15, 0.2) is 17.3 Å². The van der Waals surface area contributed by atoms with E-state index in [-0.39, 0.29) is 17.9 Å². The Bertz CT molecular complexity index is 1270. The van der Waals surface area contributed by atoms with Gasteiger partial charge >= 0.3 is 0 Å². The van der Waals surface area contributed by atoms with Gasteiger partial charge in [0.2, 0.25) is 11.9 Å². The van der Waals surface area contributed by atoms with E-state index in [1.807, 2.05) is 30.3 Å². The maximum atomic E-state index is 14.4. The molecule has 1 aliphatic heterocycles. The first-order chi connectivity index (χ1) is 15.5. The van der Waals surface area contributed by atoms with Crippen molar-refractivity contribution in [2.75, 3.05) is 24.3 Å². The van der Waals surface area contributed by atoms with E-state index in [1.165, 1.54) is 0 Å². The number of ether oxygens (including phenoxy) is 1. The minimum absolute atomic E-state index is 0.0512. The van der Waals surface area contributed by atoms with Gasteiger partial charge in [-0.05, 0) is 12.8 Å². The summed E-state index contributed by atoms with van der Waals surface area (Å²) >= 11 is 0. The number of nitrogens with zero attached hydrogens (tertiary/aromatic N) is 4. The summed E-state index contributed by atoms with van der Waals surface area (Å²) in [5, 5.41) is 2.71. The van der Waals surface area contributed by atoms with Crippen molar-refractivity contribution in [3.05, 3.63) is 59.9 Å². The predicted molar refractivity (Wildman–Crippen MR) is 114 cm³/mol. The van der Waals surface area contributed by atoms with Gasteiger partial charge in [0.05, 0.1) is 0 Å². The van der Waals surface area contributed by atoms with E-state index in [9.17, 15) is 13.2 Å². The Balaban J connectivity index is 1.73. The summed E-state index contributed by atoms with van der Waals surface area (Å²) in [5.41, 5.74) is 7.66. The molecule has 10 heteroatoms. The third-order valence-corrected chi connectivity index (χ3v) is 5.40. The maximum absolute atomic E-state index is 14.4. The van der Waals surface area contributed by atoms with E-state index in [0.29, 0.717) is 55.0 Å². The molecule has 3 heterocycles. The number of hydrogen-bond acceptors (Lipinski definition) is 6. The van der Waals surface area contributed by atoms with Crippen LogP contribution >= 0.6 is 0 Å². The second kappa shape index (κ2) is 8.12. The number of nitrogen functional groups attached to an aromatic ring is 1. The van der Waals surface area contributed by atoms with Crippen LogP contribution in [0.3, 0.4) is 0 Å². The molecule has 0 radical (unpaired) electrons. The fourth-order valence-corrected chi connectivity index (χ4v) is 3.94. The average Bonchev–Trinajstić information content (AvgIpc) is 3.14. The molecule has 0 saturated carbocycles. The molecule has 0 spiro atoms. The highest BCUT2D eigenvalue weighted by Crippen LogP contribution is 2.35. The van der Waals surface area contributed by atoms with Gasteiger partial charge in [-0.3, -0.25) is 4.57 Å². The molecule has 0 unspecified atom stereocenters. The summed E-state index contributed by atoms with van der Waals surface area (Å²) < 4.78 is 49.4. The summed E-state index contributed by atoms with van der Waals surface area (Å²) in [4.78, 5) is 13.4. The summed E-state index contributed by atoms with van der Waals surface area (Å²) in [7, 11) is 0. The average molecular weight is 440 g/mol. The Kier molecular flexibility index (Phi) is 5.14. The number of benzene rings is 2. The van der Waals surface area contributed by atoms with Gasteiger partial charge in [-0.2, -0.15) is 4.98 Å². The van der Waals surface area contributed by atoms with Gasteiger partial charge in [-0.15, -0.1) is 0 Å². The van der Waals surface area contributed by atoms with Crippen LogP contribution in [-0.4, -0.2) is 32.7 Å². The molecule has 1 saturated heterocycles. The van der Waals surface area contributed by atoms with Crippen molar-refractivity contribution >= 4 is 28.7 Å². The Hall–Kier alpha value is -3.66. The fourth-order valence-electron chi connectivity index (χ4n) is 3.94. The molecule has 32 heavy (non-hydrogen) atoms. The summed E-state index contributed by atoms with van der Waals surface area (Å²) in [5.74, 6) is -2.93. The van der Waals surface area contributed by atoms with Crippen LogP contribution < -0.4 is 11.1 Å². The zero-order valence-corrected chi connectivity index (χ0v) is 16.9. The molecule has 2 aromatic carbocycles. The normalized spacial score (nSPS) is 14.7. The van der Waals surface area contributed by atoms with E-state index < -0.39 is 23.1 Å². The van der Waals surface area contributed by atoms with Crippen molar-refractivity contribution in [1.82, 2.24) is 19.5 Å². The molecule has 0 atom stereocenters. The van der Waals surface area contributed by atoms with E-state index >= 15 is 0 Å². The molecule has 1 fully saturated rings. The number of anilines is 3. The van der Waals surface area contributed by atoms with Crippen molar-refractivity contribution < 1.29 is 17.9 Å². The third kappa shape index (κ3) is 3.62. The van der Waals surface area contributed by atoms with Crippen LogP contribution in [0.1, 0.15) is 18.9 Å². The largest absolute Gasteiger partial charge is 0.381 e. The first-order valence-electron chi connectivity index (χ1n) is 10.1. The monoisotopic (exact) mass is 440 g/mol. The van der Waals surface area contributed by atoms with Crippen molar-refractivity contribution in [2.24, 2.45) is 0 Å². The molecule has 0 bridgehead atoms. The Morgan fingerprint density at radius 2 is 1.66 bits per heavy atom. The van der Waals surface area contributed by atoms with E-state index in [4.69, 9.17) is 10.5 Å². The lowest BCUT2D eigenvalue weighted by molar-refractivity contribution is 0.0710. The van der Waals surface area contributed by atoms with Gasteiger partial charge in [-0.1, -0.05) is 30.3 Å². The molecule has 5 rings (SSSR count). The highest BCUT2D eigenvalue weighted by atomic mass is 19.1. The zero-order valence-electron chi connectivity index (χ0n) is 16.9. The molecule has 3 N–H and O–H groups in total. The first kappa shape index (κ1) is 20.3. The van der Waals surface area contributed by atoms with Crippen LogP contribution in [0.4, 0.5) is 30.8 Å². The second-order valence-electron chi connectivity index (χ2n) is 7.49. The van der Waals surface area contributed by atoms with Crippen LogP contribution in [0, 0.1) is 17.5 Å². The molecule has 1 aliphatic rings. The number of nitrogens with one attached hydrogen (secondary N) is 1. The van der Waals surface area contributed by atoms with E-state index in [2.05, 4.69) is 20.3 Å². The number of rotatable bonds is 4. The van der Waals surface area contributed by atoms with Crippen LogP contribution in [0.5, 0.6) is 0 Å². The van der Waals surface area contributed by atoms with Crippen molar-refractivity contribution in [3.63, 3.8) is 0 Å². The fraction of sp³-hybridized carbons (Fsp3) is 0.227. The van der Waals surface area contributed by atoms with Crippen molar-refractivity contribution in [1.29, 1.82) is 0 Å². The maximum Gasteiger partial charge on any atom is 0.222 e. The van der Waals surface area contributed by atoms with E-state index in [1.54, 1.807) is 4.57 Å². The van der Waals surface area contributed by atoms with Gasteiger partial charge in [0.1, 0.15) is 22.7 Å². The lowest BCUT2D eigenvalue weighted by Gasteiger charge is -2.25. The van der Waals surface area contributed by atoms with Gasteiger partial charge in [-0.25, -0.2) is 23.1 Å². The smallest absolute Gasteiger partial charge is 0.222 e. The highest BCUT2D eigenvalue weighted by molar-refractivity contribution is 5.90. The minimum Gasteiger partial charge on any atom is -0.381 e. The molecule has 2 aromatic heterocycles. The molecular weight excluding hydrogens is 421 g/mol. The standard InChI is InChI=1S/C22H19F3N6O/c23-13-10-15(24)18(16(25)11-13)28-22-29-19-17(12-4-2-1-3-5-12)27-21(26)30-20(19)31(22)14-6-8-32-9-7-14/h1-5,10-11,14H,6-9H2,(H,28,29)(H2,26,27,30). The molecule has 7 nitrogen and oxygen atoms in total. The van der Waals surface area contributed by atoms with Crippen molar-refractivity contribution in [2.45, 2.75) is 18.9 Å². The Morgan fingerprint density at radius 1 is 0.969 bits per heavy atom. The Labute approximate surface area is 181 Å². The Morgan fingerprint density at radius 3 is 2.34 bits per heavy atom. The number of imidazole rings is 1. The predicted octanol–water partition coefficient (Wildman–Crippen LogP) is 4.59. The molecule has 164 valence electrons. The summed E-state index contributed by atoms with van der Waals surface area (Å²) in [6.45, 7) is 1.05. The minimum atomic E-state index is -1.07. The topological polar surface area (TPSA) is 90.9 Å². The van der Waals surface area contributed by atoms with Crippen LogP contribution in [-0.2, 0) is 4.74 Å². The zero-order chi connectivity index (χ0) is 22.2. The number of halogens is 3.